The molecule has 1 atom stereocenters. The van der Waals surface area contributed by atoms with Crippen LogP contribution < -0.4 is 18.9 Å². The predicted octanol–water partition coefficient (Wildman–Crippen LogP) is 3.45. The number of hydrogen-bond donors (Lipinski definition) is 0. The molecule has 0 aromatic heterocycles. The molecule has 0 saturated carbocycles. The quantitative estimate of drug-likeness (QED) is 0.826. The number of hydrogen-bond acceptors (Lipinski definition) is 5. The molecule has 1 amide bonds. The zero-order chi connectivity index (χ0) is 18.8. The van der Waals surface area contributed by atoms with Crippen LogP contribution in [0.4, 0.5) is 0 Å². The van der Waals surface area contributed by atoms with Crippen molar-refractivity contribution in [1.82, 2.24) is 4.90 Å². The third kappa shape index (κ3) is 3.27. The van der Waals surface area contributed by atoms with Crippen LogP contribution in [0.5, 0.6) is 23.0 Å². The zero-order valence-corrected chi connectivity index (χ0v) is 15.6. The van der Waals surface area contributed by atoms with Crippen molar-refractivity contribution in [3.8, 4) is 23.0 Å². The number of amides is 1. The molecule has 0 N–H and O–H groups in total. The summed E-state index contributed by atoms with van der Waals surface area (Å²) >= 11 is 0. The highest BCUT2D eigenvalue weighted by Gasteiger charge is 2.33. The minimum absolute atomic E-state index is 0.00392. The van der Waals surface area contributed by atoms with Gasteiger partial charge in [0.15, 0.2) is 11.5 Å². The van der Waals surface area contributed by atoms with Gasteiger partial charge in [0.05, 0.1) is 25.8 Å². The van der Waals surface area contributed by atoms with Crippen molar-refractivity contribution in [2.45, 2.75) is 18.9 Å². The van der Waals surface area contributed by atoms with Crippen LogP contribution in [0.25, 0.3) is 0 Å². The second-order valence-electron chi connectivity index (χ2n) is 6.63. The highest BCUT2D eigenvalue weighted by atomic mass is 16.6. The summed E-state index contributed by atoms with van der Waals surface area (Å²) in [7, 11) is 3.16. The zero-order valence-electron chi connectivity index (χ0n) is 15.6. The minimum Gasteiger partial charge on any atom is -0.497 e. The van der Waals surface area contributed by atoms with E-state index in [1.807, 2.05) is 23.1 Å². The van der Waals surface area contributed by atoms with Crippen molar-refractivity contribution in [3.63, 3.8) is 0 Å². The largest absolute Gasteiger partial charge is 0.497 e. The Morgan fingerprint density at radius 2 is 1.85 bits per heavy atom. The second-order valence-corrected chi connectivity index (χ2v) is 6.63. The molecule has 2 heterocycles. The normalized spacial score (nSPS) is 18.3. The lowest BCUT2D eigenvalue weighted by molar-refractivity contribution is 0.0731. The summed E-state index contributed by atoms with van der Waals surface area (Å²) in [6.45, 7) is 1.82. The highest BCUT2D eigenvalue weighted by molar-refractivity contribution is 5.97. The molecule has 27 heavy (non-hydrogen) atoms. The van der Waals surface area contributed by atoms with E-state index in [1.54, 1.807) is 32.4 Å². The molecule has 142 valence electrons. The van der Waals surface area contributed by atoms with Crippen LogP contribution in [0.2, 0.25) is 0 Å². The third-order valence-corrected chi connectivity index (χ3v) is 5.10. The van der Waals surface area contributed by atoms with Crippen LogP contribution in [0, 0.1) is 0 Å². The molecule has 4 rings (SSSR count). The van der Waals surface area contributed by atoms with Crippen molar-refractivity contribution in [2.24, 2.45) is 0 Å². The summed E-state index contributed by atoms with van der Waals surface area (Å²) in [5, 5.41) is 0. The Kier molecular flexibility index (Phi) is 4.79. The van der Waals surface area contributed by atoms with Crippen LogP contribution in [0.3, 0.4) is 0 Å². The molecule has 0 unspecified atom stereocenters. The first kappa shape index (κ1) is 17.5. The maximum absolute atomic E-state index is 13.3. The molecule has 0 spiro atoms. The van der Waals surface area contributed by atoms with Gasteiger partial charge in [0, 0.05) is 6.54 Å². The minimum atomic E-state index is -0.0526. The van der Waals surface area contributed by atoms with Gasteiger partial charge in [-0.1, -0.05) is 6.07 Å². The number of carbonyl (C=O) groups excluding carboxylic acids is 1. The van der Waals surface area contributed by atoms with E-state index in [-0.39, 0.29) is 11.9 Å². The molecule has 1 saturated heterocycles. The maximum Gasteiger partial charge on any atom is 0.258 e. The molecular formula is C21H23NO5. The van der Waals surface area contributed by atoms with Crippen molar-refractivity contribution in [1.29, 1.82) is 0 Å². The molecule has 0 radical (unpaired) electrons. The van der Waals surface area contributed by atoms with Gasteiger partial charge >= 0.3 is 0 Å². The van der Waals surface area contributed by atoms with Gasteiger partial charge in [-0.25, -0.2) is 0 Å². The molecule has 2 aliphatic heterocycles. The van der Waals surface area contributed by atoms with E-state index < -0.39 is 0 Å². The van der Waals surface area contributed by atoms with Gasteiger partial charge in [-0.05, 0) is 48.7 Å². The van der Waals surface area contributed by atoms with Gasteiger partial charge in [-0.3, -0.25) is 4.79 Å². The lowest BCUT2D eigenvalue weighted by Crippen LogP contribution is -2.31. The smallest absolute Gasteiger partial charge is 0.258 e. The number of ether oxygens (including phenoxy) is 4. The highest BCUT2D eigenvalue weighted by Crippen LogP contribution is 2.39. The Labute approximate surface area is 158 Å². The van der Waals surface area contributed by atoms with Gasteiger partial charge in [-0.2, -0.15) is 0 Å². The first-order valence-corrected chi connectivity index (χ1v) is 9.14. The molecule has 6 nitrogen and oxygen atoms in total. The summed E-state index contributed by atoms with van der Waals surface area (Å²) in [5.74, 6) is 2.64. The van der Waals surface area contributed by atoms with Gasteiger partial charge in [-0.15, -0.1) is 0 Å². The van der Waals surface area contributed by atoms with Crippen LogP contribution in [0.1, 0.15) is 34.8 Å². The third-order valence-electron chi connectivity index (χ3n) is 5.10. The van der Waals surface area contributed by atoms with Crippen molar-refractivity contribution < 1.29 is 23.7 Å². The Morgan fingerprint density at radius 1 is 1.04 bits per heavy atom. The van der Waals surface area contributed by atoms with Gasteiger partial charge in [0.2, 0.25) is 0 Å². The van der Waals surface area contributed by atoms with Crippen molar-refractivity contribution in [2.75, 3.05) is 34.0 Å². The fraction of sp³-hybridized carbons (Fsp3) is 0.381. The number of carbonyl (C=O) groups is 1. The first-order valence-electron chi connectivity index (χ1n) is 9.14. The molecule has 1 fully saturated rings. The summed E-state index contributed by atoms with van der Waals surface area (Å²) in [6, 6.07) is 11.2. The van der Waals surface area contributed by atoms with E-state index >= 15 is 0 Å². The fourth-order valence-corrected chi connectivity index (χ4v) is 3.76. The Morgan fingerprint density at radius 3 is 2.63 bits per heavy atom. The summed E-state index contributed by atoms with van der Waals surface area (Å²) in [6.07, 6.45) is 1.87. The SMILES string of the molecule is COc1ccc(OC)c(C(=O)N2CCC[C@H]2c2ccc3c(c2)OCCO3)c1. The van der Waals surface area contributed by atoms with E-state index in [0.717, 1.165) is 29.9 Å². The van der Waals surface area contributed by atoms with Crippen LogP contribution >= 0.6 is 0 Å². The average Bonchev–Trinajstić information content (AvgIpc) is 3.22. The fourth-order valence-electron chi connectivity index (χ4n) is 3.76. The molecule has 0 bridgehead atoms. The van der Waals surface area contributed by atoms with E-state index in [0.29, 0.717) is 36.8 Å². The summed E-state index contributed by atoms with van der Waals surface area (Å²) < 4.78 is 22.0. The van der Waals surface area contributed by atoms with Crippen LogP contribution in [-0.2, 0) is 0 Å². The van der Waals surface area contributed by atoms with Crippen LogP contribution in [-0.4, -0.2) is 44.8 Å². The lowest BCUT2D eigenvalue weighted by atomic mass is 10.0. The predicted molar refractivity (Wildman–Crippen MR) is 100.0 cm³/mol. The maximum atomic E-state index is 13.3. The Balaban J connectivity index is 1.64. The van der Waals surface area contributed by atoms with Gasteiger partial charge in [0.1, 0.15) is 24.7 Å². The van der Waals surface area contributed by atoms with Crippen molar-refractivity contribution in [3.05, 3.63) is 47.5 Å². The monoisotopic (exact) mass is 369 g/mol. The summed E-state index contributed by atoms with van der Waals surface area (Å²) in [4.78, 5) is 15.2. The number of likely N-dealkylation sites (tertiary alicyclic amines) is 1. The number of benzene rings is 2. The van der Waals surface area contributed by atoms with E-state index in [4.69, 9.17) is 18.9 Å². The average molecular weight is 369 g/mol. The Hall–Kier alpha value is -2.89. The van der Waals surface area contributed by atoms with E-state index in [2.05, 4.69) is 0 Å². The van der Waals surface area contributed by atoms with Gasteiger partial charge in [0.25, 0.3) is 5.91 Å². The number of methoxy groups -OCH3 is 2. The lowest BCUT2D eigenvalue weighted by Gasteiger charge is -2.27. The topological polar surface area (TPSA) is 57.2 Å². The first-order chi connectivity index (χ1) is 13.2. The summed E-state index contributed by atoms with van der Waals surface area (Å²) in [5.41, 5.74) is 1.58. The molecule has 2 aromatic carbocycles. The molecule has 0 aliphatic carbocycles. The Bertz CT molecular complexity index is 850. The standard InChI is InChI=1S/C21H23NO5/c1-24-15-6-8-18(25-2)16(13-15)21(23)22-9-3-4-17(22)14-5-7-19-20(12-14)27-11-10-26-19/h5-8,12-13,17H,3-4,9-11H2,1-2H3/t17-/m0/s1. The van der Waals surface area contributed by atoms with E-state index in [9.17, 15) is 4.79 Å². The number of fused-ring (bicyclic) bond motifs is 1. The van der Waals surface area contributed by atoms with Gasteiger partial charge < -0.3 is 23.8 Å². The number of rotatable bonds is 4. The second kappa shape index (κ2) is 7.39. The molecule has 6 heteroatoms. The van der Waals surface area contributed by atoms with E-state index in [1.165, 1.54) is 0 Å². The number of nitrogens with zero attached hydrogens (tertiary/aromatic N) is 1. The molecular weight excluding hydrogens is 346 g/mol. The molecule has 2 aromatic rings. The van der Waals surface area contributed by atoms with Crippen LogP contribution in [0.15, 0.2) is 36.4 Å². The molecule has 2 aliphatic rings. The van der Waals surface area contributed by atoms with Crippen molar-refractivity contribution >= 4 is 5.91 Å².